The van der Waals surface area contributed by atoms with Crippen LogP contribution in [0.1, 0.15) is 52.4 Å². The number of hydrogen-bond acceptors (Lipinski definition) is 1. The van der Waals surface area contributed by atoms with Gasteiger partial charge in [0.2, 0.25) is 0 Å². The molecular formula is C12H24N2O. The van der Waals surface area contributed by atoms with E-state index in [9.17, 15) is 4.79 Å². The van der Waals surface area contributed by atoms with E-state index in [0.29, 0.717) is 12.0 Å². The van der Waals surface area contributed by atoms with Crippen molar-refractivity contribution >= 4 is 6.03 Å². The number of carbonyl (C=O) groups is 1. The molecule has 1 aliphatic rings. The van der Waals surface area contributed by atoms with Gasteiger partial charge < -0.3 is 10.6 Å². The van der Waals surface area contributed by atoms with Crippen molar-refractivity contribution in [2.24, 2.45) is 11.7 Å². The first-order valence-electron chi connectivity index (χ1n) is 6.26. The van der Waals surface area contributed by atoms with Crippen LogP contribution in [0.25, 0.3) is 0 Å². The van der Waals surface area contributed by atoms with Gasteiger partial charge in [0.05, 0.1) is 0 Å². The van der Waals surface area contributed by atoms with Crippen molar-refractivity contribution in [3.05, 3.63) is 0 Å². The average molecular weight is 212 g/mol. The molecule has 2 amide bonds. The molecule has 3 nitrogen and oxygen atoms in total. The molecule has 1 fully saturated rings. The Balaban J connectivity index is 2.53. The van der Waals surface area contributed by atoms with Crippen molar-refractivity contribution < 1.29 is 4.79 Å². The van der Waals surface area contributed by atoms with E-state index in [2.05, 4.69) is 13.8 Å². The molecule has 0 spiro atoms. The third-order valence-corrected chi connectivity index (χ3v) is 3.58. The second-order valence-electron chi connectivity index (χ2n) is 4.55. The van der Waals surface area contributed by atoms with Crippen LogP contribution in [0.5, 0.6) is 0 Å². The lowest BCUT2D eigenvalue weighted by Gasteiger charge is -2.30. The molecule has 2 atom stereocenters. The Kier molecular flexibility index (Phi) is 4.92. The summed E-state index contributed by atoms with van der Waals surface area (Å²) < 4.78 is 0. The molecule has 15 heavy (non-hydrogen) atoms. The van der Waals surface area contributed by atoms with Crippen LogP contribution >= 0.6 is 0 Å². The molecule has 3 heteroatoms. The van der Waals surface area contributed by atoms with E-state index in [1.165, 1.54) is 19.3 Å². The Morgan fingerprint density at radius 3 is 2.80 bits per heavy atom. The number of primary amides is 1. The topological polar surface area (TPSA) is 46.3 Å². The standard InChI is InChI=1S/C12H24N2O/c1-3-5-7-10(4-2)11-8-6-9-14(11)12(13)15/h10-11H,3-9H2,1-2H3,(H2,13,15). The highest BCUT2D eigenvalue weighted by Crippen LogP contribution is 2.29. The molecule has 2 N–H and O–H groups in total. The van der Waals surface area contributed by atoms with Crippen LogP contribution in [0.2, 0.25) is 0 Å². The number of nitrogens with zero attached hydrogens (tertiary/aromatic N) is 1. The van der Waals surface area contributed by atoms with Crippen LogP contribution < -0.4 is 5.73 Å². The summed E-state index contributed by atoms with van der Waals surface area (Å²) in [7, 11) is 0. The maximum Gasteiger partial charge on any atom is 0.315 e. The van der Waals surface area contributed by atoms with Crippen LogP contribution in [0, 0.1) is 5.92 Å². The van der Waals surface area contributed by atoms with Crippen LogP contribution in [0.15, 0.2) is 0 Å². The maximum absolute atomic E-state index is 11.3. The monoisotopic (exact) mass is 212 g/mol. The fourth-order valence-electron chi connectivity index (χ4n) is 2.69. The van der Waals surface area contributed by atoms with Crippen molar-refractivity contribution in [2.45, 2.75) is 58.4 Å². The number of urea groups is 1. The van der Waals surface area contributed by atoms with Gasteiger partial charge in [-0.2, -0.15) is 0 Å². The van der Waals surface area contributed by atoms with Gasteiger partial charge in [-0.1, -0.05) is 33.1 Å². The normalized spacial score (nSPS) is 23.1. The van der Waals surface area contributed by atoms with Gasteiger partial charge in [-0.25, -0.2) is 4.79 Å². The van der Waals surface area contributed by atoms with Crippen LogP contribution in [0.4, 0.5) is 4.79 Å². The summed E-state index contributed by atoms with van der Waals surface area (Å²) in [4.78, 5) is 13.1. The van der Waals surface area contributed by atoms with E-state index in [0.717, 1.165) is 25.8 Å². The molecule has 2 unspecified atom stereocenters. The van der Waals surface area contributed by atoms with Gasteiger partial charge >= 0.3 is 6.03 Å². The molecule has 1 aliphatic heterocycles. The molecule has 1 rings (SSSR count). The minimum Gasteiger partial charge on any atom is -0.351 e. The van der Waals surface area contributed by atoms with Gasteiger partial charge in [0.1, 0.15) is 0 Å². The van der Waals surface area contributed by atoms with Gasteiger partial charge in [0, 0.05) is 12.6 Å². The number of amides is 2. The summed E-state index contributed by atoms with van der Waals surface area (Å²) in [5, 5.41) is 0. The predicted molar refractivity (Wildman–Crippen MR) is 62.6 cm³/mol. The van der Waals surface area contributed by atoms with E-state index in [1.807, 2.05) is 4.90 Å². The number of rotatable bonds is 5. The molecule has 0 bridgehead atoms. The zero-order valence-corrected chi connectivity index (χ0v) is 10.0. The summed E-state index contributed by atoms with van der Waals surface area (Å²) in [6.07, 6.45) is 7.17. The zero-order chi connectivity index (χ0) is 11.3. The lowest BCUT2D eigenvalue weighted by molar-refractivity contribution is 0.174. The summed E-state index contributed by atoms with van der Waals surface area (Å²) in [5.74, 6) is 0.653. The molecular weight excluding hydrogens is 188 g/mol. The second kappa shape index (κ2) is 5.99. The van der Waals surface area contributed by atoms with Crippen LogP contribution in [0.3, 0.4) is 0 Å². The molecule has 0 aromatic heterocycles. The minimum atomic E-state index is -0.229. The van der Waals surface area contributed by atoms with Crippen molar-refractivity contribution in [3.8, 4) is 0 Å². The summed E-state index contributed by atoms with van der Waals surface area (Å²) in [5.41, 5.74) is 5.40. The number of unbranched alkanes of at least 4 members (excludes halogenated alkanes) is 1. The number of carbonyl (C=O) groups excluding carboxylic acids is 1. The fraction of sp³-hybridized carbons (Fsp3) is 0.917. The quantitative estimate of drug-likeness (QED) is 0.748. The largest absolute Gasteiger partial charge is 0.351 e. The Labute approximate surface area is 93.0 Å². The highest BCUT2D eigenvalue weighted by Gasteiger charge is 2.32. The zero-order valence-electron chi connectivity index (χ0n) is 10.0. The van der Waals surface area contributed by atoms with Gasteiger partial charge in [-0.3, -0.25) is 0 Å². The van der Waals surface area contributed by atoms with Crippen molar-refractivity contribution in [2.75, 3.05) is 6.54 Å². The van der Waals surface area contributed by atoms with Gasteiger partial charge in [0.15, 0.2) is 0 Å². The molecule has 88 valence electrons. The first kappa shape index (κ1) is 12.3. The van der Waals surface area contributed by atoms with E-state index >= 15 is 0 Å². The molecule has 0 aliphatic carbocycles. The SMILES string of the molecule is CCCCC(CC)C1CCCN1C(N)=O. The van der Waals surface area contributed by atoms with Gasteiger partial charge in [-0.15, -0.1) is 0 Å². The molecule has 0 radical (unpaired) electrons. The Morgan fingerprint density at radius 1 is 1.53 bits per heavy atom. The summed E-state index contributed by atoms with van der Waals surface area (Å²) >= 11 is 0. The molecule has 0 aromatic carbocycles. The third kappa shape index (κ3) is 3.11. The Bertz CT molecular complexity index is 206. The highest BCUT2D eigenvalue weighted by molar-refractivity contribution is 5.72. The fourth-order valence-corrected chi connectivity index (χ4v) is 2.69. The molecule has 1 saturated heterocycles. The van der Waals surface area contributed by atoms with E-state index in [4.69, 9.17) is 5.73 Å². The van der Waals surface area contributed by atoms with Crippen molar-refractivity contribution in [1.82, 2.24) is 4.90 Å². The lowest BCUT2D eigenvalue weighted by Crippen LogP contribution is -2.43. The van der Waals surface area contributed by atoms with Crippen molar-refractivity contribution in [1.29, 1.82) is 0 Å². The van der Waals surface area contributed by atoms with E-state index in [1.54, 1.807) is 0 Å². The van der Waals surface area contributed by atoms with Gasteiger partial charge in [0.25, 0.3) is 0 Å². The van der Waals surface area contributed by atoms with Crippen LogP contribution in [-0.4, -0.2) is 23.5 Å². The average Bonchev–Trinajstić information content (AvgIpc) is 2.68. The summed E-state index contributed by atoms with van der Waals surface area (Å²) in [6, 6.07) is 0.187. The van der Waals surface area contributed by atoms with Gasteiger partial charge in [-0.05, 0) is 25.2 Å². The Hall–Kier alpha value is -0.730. The smallest absolute Gasteiger partial charge is 0.315 e. The Morgan fingerprint density at radius 2 is 2.27 bits per heavy atom. The number of hydrogen-bond donors (Lipinski definition) is 1. The first-order valence-corrected chi connectivity index (χ1v) is 6.26. The number of likely N-dealkylation sites (tertiary alicyclic amines) is 1. The van der Waals surface area contributed by atoms with Crippen LogP contribution in [-0.2, 0) is 0 Å². The van der Waals surface area contributed by atoms with Crippen molar-refractivity contribution in [3.63, 3.8) is 0 Å². The first-order chi connectivity index (χ1) is 7.20. The lowest BCUT2D eigenvalue weighted by atomic mass is 9.90. The predicted octanol–water partition coefficient (Wildman–Crippen LogP) is 2.75. The molecule has 0 aromatic rings. The maximum atomic E-state index is 11.3. The molecule has 1 heterocycles. The number of nitrogens with two attached hydrogens (primary N) is 1. The van der Waals surface area contributed by atoms with E-state index < -0.39 is 0 Å². The third-order valence-electron chi connectivity index (χ3n) is 3.58. The summed E-state index contributed by atoms with van der Waals surface area (Å²) in [6.45, 7) is 5.30. The molecule has 0 saturated carbocycles. The second-order valence-corrected chi connectivity index (χ2v) is 4.55. The highest BCUT2D eigenvalue weighted by atomic mass is 16.2. The minimum absolute atomic E-state index is 0.229. The van der Waals surface area contributed by atoms with E-state index in [-0.39, 0.29) is 6.03 Å².